The van der Waals surface area contributed by atoms with E-state index < -0.39 is 24.9 Å². The van der Waals surface area contributed by atoms with E-state index in [0.29, 0.717) is 29.1 Å². The minimum atomic E-state index is -4.84. The summed E-state index contributed by atoms with van der Waals surface area (Å²) in [4.78, 5) is -0.908. The van der Waals surface area contributed by atoms with Crippen molar-refractivity contribution in [1.29, 1.82) is 0 Å². The van der Waals surface area contributed by atoms with Crippen LogP contribution in [-0.4, -0.2) is 33.8 Å². The number of aryl methyl sites for hydroxylation is 1. The van der Waals surface area contributed by atoms with Crippen LogP contribution in [0.25, 0.3) is 0 Å². The Morgan fingerprint density at radius 2 is 1.50 bits per heavy atom. The largest absolute Gasteiger partial charge is 0.497 e. The third-order valence-corrected chi connectivity index (χ3v) is 7.99. The molecule has 2 N–H and O–H groups in total. The van der Waals surface area contributed by atoms with Gasteiger partial charge in [-0.15, -0.1) is 4.33 Å². The molecule has 0 fully saturated rings. The molecule has 0 atom stereocenters. The molecular weight excluding hydrogens is 508 g/mol. The van der Waals surface area contributed by atoms with Crippen molar-refractivity contribution in [3.8, 4) is 17.2 Å². The van der Waals surface area contributed by atoms with Crippen LogP contribution >= 0.6 is 12.0 Å². The highest BCUT2D eigenvalue weighted by Gasteiger charge is 2.25. The highest BCUT2D eigenvalue weighted by molar-refractivity contribution is 7.94. The summed E-state index contributed by atoms with van der Waals surface area (Å²) in [6.07, 6.45) is 0.543. The fourth-order valence-electron chi connectivity index (χ4n) is 2.97. The van der Waals surface area contributed by atoms with E-state index in [2.05, 4.69) is 9.37 Å². The van der Waals surface area contributed by atoms with Gasteiger partial charge in [0, 0.05) is 4.90 Å². The fourth-order valence-corrected chi connectivity index (χ4v) is 5.67. The fraction of sp³-hybridized carbons (Fsp3) is 0.143. The summed E-state index contributed by atoms with van der Waals surface area (Å²) >= 11 is 0.609. The number of ether oxygens (including phenoxy) is 2. The number of sulfone groups is 1. The summed E-state index contributed by atoms with van der Waals surface area (Å²) in [5, 5.41) is 12.0. The van der Waals surface area contributed by atoms with Gasteiger partial charge in [0.15, 0.2) is 0 Å². The number of methoxy groups -OCH3 is 1. The second kappa shape index (κ2) is 10.7. The summed E-state index contributed by atoms with van der Waals surface area (Å²) < 4.78 is 75.2. The lowest BCUT2D eigenvalue weighted by Crippen LogP contribution is -2.07. The van der Waals surface area contributed by atoms with Gasteiger partial charge in [-0.1, -0.05) is 18.0 Å². The van der Waals surface area contributed by atoms with E-state index in [9.17, 15) is 21.4 Å². The zero-order valence-electron chi connectivity index (χ0n) is 17.9. The molecule has 0 spiro atoms. The van der Waals surface area contributed by atoms with E-state index in [-0.39, 0.29) is 21.3 Å². The van der Waals surface area contributed by atoms with Gasteiger partial charge in [0.05, 0.1) is 28.9 Å². The van der Waals surface area contributed by atoms with Crippen molar-refractivity contribution < 1.29 is 45.5 Å². The summed E-state index contributed by atoms with van der Waals surface area (Å²) in [5.74, 6) is 0.522. The van der Waals surface area contributed by atoms with Crippen molar-refractivity contribution in [2.45, 2.75) is 32.9 Å². The van der Waals surface area contributed by atoms with Crippen LogP contribution in [0.4, 0.5) is 0 Å². The van der Waals surface area contributed by atoms with Crippen LogP contribution in [-0.2, 0) is 35.7 Å². The minimum Gasteiger partial charge on any atom is -0.497 e. The molecule has 0 aliphatic heterocycles. The van der Waals surface area contributed by atoms with Crippen LogP contribution in [0.5, 0.6) is 17.2 Å². The molecule has 0 bridgehead atoms. The lowest BCUT2D eigenvalue weighted by atomic mass is 10.2. The van der Waals surface area contributed by atoms with Crippen molar-refractivity contribution in [1.82, 2.24) is 0 Å². The second-order valence-electron chi connectivity index (χ2n) is 6.71. The first-order valence-electron chi connectivity index (χ1n) is 9.56. The maximum Gasteiger partial charge on any atom is 0.298 e. The molecule has 3 aromatic rings. The molecule has 0 saturated heterocycles. The molecule has 0 amide bonds. The monoisotopic (exact) mass is 528 g/mol. The Morgan fingerprint density at radius 1 is 0.882 bits per heavy atom. The maximum atomic E-state index is 13.2. The highest BCUT2D eigenvalue weighted by Crippen LogP contribution is 2.35. The molecule has 0 radical (unpaired) electrons. The quantitative estimate of drug-likeness (QED) is 0.165. The number of rotatable bonds is 10. The van der Waals surface area contributed by atoms with E-state index >= 15 is 0 Å². The Labute approximate surface area is 200 Å². The lowest BCUT2D eigenvalue weighted by Gasteiger charge is -2.13. The van der Waals surface area contributed by atoms with Gasteiger partial charge in [-0.05, 0) is 66.6 Å². The zero-order valence-corrected chi connectivity index (χ0v) is 20.3. The van der Waals surface area contributed by atoms with Crippen LogP contribution < -0.4 is 9.47 Å². The lowest BCUT2D eigenvalue weighted by molar-refractivity contribution is -0.432. The molecule has 13 heteroatoms. The van der Waals surface area contributed by atoms with Crippen molar-refractivity contribution in [2.75, 3.05) is 7.11 Å². The third-order valence-electron chi connectivity index (χ3n) is 4.67. The van der Waals surface area contributed by atoms with Crippen molar-refractivity contribution in [2.24, 2.45) is 0 Å². The predicted octanol–water partition coefficient (Wildman–Crippen LogP) is 4.56. The number of hydrogen-bond acceptors (Lipinski definition) is 10. The molecule has 34 heavy (non-hydrogen) atoms. The summed E-state index contributed by atoms with van der Waals surface area (Å²) in [5.41, 5.74) is 0.725. The first-order chi connectivity index (χ1) is 16.1. The Kier molecular flexibility index (Phi) is 8.20. The van der Waals surface area contributed by atoms with Crippen molar-refractivity contribution in [3.05, 3.63) is 66.2 Å². The SMILES string of the molecule is CCc1ccc(S(=O)(=O)c2ccc(Oc3ccc(OC)cc3)c(S(=O)(=O)O)c2)cc1SOOO. The Bertz CT molecular complexity index is 1370. The molecule has 3 aromatic carbocycles. The molecule has 0 unspecified atom stereocenters. The smallest absolute Gasteiger partial charge is 0.298 e. The van der Waals surface area contributed by atoms with Crippen molar-refractivity contribution in [3.63, 3.8) is 0 Å². The van der Waals surface area contributed by atoms with Crippen LogP contribution in [0.15, 0.2) is 80.2 Å². The van der Waals surface area contributed by atoms with Crippen LogP contribution in [0.3, 0.4) is 0 Å². The van der Waals surface area contributed by atoms with Gasteiger partial charge < -0.3 is 9.47 Å². The molecule has 10 nitrogen and oxygen atoms in total. The Balaban J connectivity index is 2.04. The third kappa shape index (κ3) is 5.88. The summed E-state index contributed by atoms with van der Waals surface area (Å²) in [6, 6.07) is 13.5. The zero-order chi connectivity index (χ0) is 24.9. The minimum absolute atomic E-state index is 0.168. The highest BCUT2D eigenvalue weighted by atomic mass is 32.2. The van der Waals surface area contributed by atoms with E-state index in [4.69, 9.17) is 14.7 Å². The van der Waals surface area contributed by atoms with E-state index in [0.717, 1.165) is 23.8 Å². The molecule has 0 saturated carbocycles. The van der Waals surface area contributed by atoms with E-state index in [1.54, 1.807) is 18.2 Å². The van der Waals surface area contributed by atoms with Gasteiger partial charge in [-0.3, -0.25) is 4.55 Å². The first kappa shape index (κ1) is 26.0. The standard InChI is InChI=1S/C21H20O10S3/c1-3-14-4-9-17(12-20(14)32-31-30-22)33(23,24)18-10-11-19(21(13-18)34(25,26)27)29-16-7-5-15(28-2)6-8-16/h4-13,22H,3H2,1-2H3,(H,25,26,27). The average Bonchev–Trinajstić information content (AvgIpc) is 2.82. The van der Waals surface area contributed by atoms with Crippen molar-refractivity contribution >= 4 is 32.0 Å². The van der Waals surface area contributed by atoms with Gasteiger partial charge in [-0.25, -0.2) is 13.7 Å². The van der Waals surface area contributed by atoms with Crippen LogP contribution in [0, 0.1) is 0 Å². The normalized spacial score (nSPS) is 11.9. The molecule has 3 rings (SSSR count). The average molecular weight is 529 g/mol. The summed E-state index contributed by atoms with van der Waals surface area (Å²) in [6.45, 7) is 1.84. The Morgan fingerprint density at radius 3 is 2.09 bits per heavy atom. The van der Waals surface area contributed by atoms with E-state index in [1.165, 1.54) is 31.4 Å². The number of benzene rings is 3. The number of hydrogen-bond donors (Lipinski definition) is 2. The topological polar surface area (TPSA) is 146 Å². The molecule has 0 aromatic heterocycles. The van der Waals surface area contributed by atoms with E-state index in [1.807, 2.05) is 6.92 Å². The molecule has 0 heterocycles. The van der Waals surface area contributed by atoms with Gasteiger partial charge >= 0.3 is 0 Å². The maximum absolute atomic E-state index is 13.2. The molecular formula is C21H20O10S3. The Hall–Kier alpha value is -2.65. The van der Waals surface area contributed by atoms with Gasteiger partial charge in [0.1, 0.15) is 22.1 Å². The van der Waals surface area contributed by atoms with Crippen LogP contribution in [0.1, 0.15) is 12.5 Å². The summed E-state index contributed by atoms with van der Waals surface area (Å²) in [7, 11) is -7.58. The predicted molar refractivity (Wildman–Crippen MR) is 121 cm³/mol. The first-order valence-corrected chi connectivity index (χ1v) is 13.2. The molecule has 0 aliphatic carbocycles. The molecule has 182 valence electrons. The van der Waals surface area contributed by atoms with Gasteiger partial charge in [-0.2, -0.15) is 8.42 Å². The second-order valence-corrected chi connectivity index (χ2v) is 10.8. The van der Waals surface area contributed by atoms with Gasteiger partial charge in [0.25, 0.3) is 10.1 Å². The van der Waals surface area contributed by atoms with Crippen LogP contribution in [0.2, 0.25) is 0 Å². The molecule has 0 aliphatic rings. The van der Waals surface area contributed by atoms with Gasteiger partial charge in [0.2, 0.25) is 9.84 Å².